The molecular weight excluding hydrogens is 437 g/mol. The molecule has 0 bridgehead atoms. The van der Waals surface area contributed by atoms with Crippen molar-refractivity contribution in [2.75, 3.05) is 38.2 Å². The molecule has 0 radical (unpaired) electrons. The second kappa shape index (κ2) is 9.94. The number of anilines is 1. The van der Waals surface area contributed by atoms with Crippen molar-refractivity contribution >= 4 is 17.5 Å². The number of hydrogen-bond donors (Lipinski definition) is 1. The van der Waals surface area contributed by atoms with E-state index < -0.39 is 11.9 Å². The van der Waals surface area contributed by atoms with Gasteiger partial charge < -0.3 is 24.4 Å². The number of methoxy groups -OCH3 is 1. The van der Waals surface area contributed by atoms with Crippen molar-refractivity contribution in [3.05, 3.63) is 77.6 Å². The molecule has 0 saturated carbocycles. The second-order valence-electron chi connectivity index (χ2n) is 8.25. The number of aryl methyl sites for hydroxylation is 1. The lowest BCUT2D eigenvalue weighted by molar-refractivity contribution is 0.101. The van der Waals surface area contributed by atoms with Gasteiger partial charge in [-0.3, -0.25) is 4.79 Å². The Kier molecular flexibility index (Phi) is 6.81. The molecule has 2 amide bonds. The normalized spacial score (nSPS) is 14.6. The summed E-state index contributed by atoms with van der Waals surface area (Å²) < 4.78 is 21.7. The number of Topliss-reactive ketones (excluding diaryl/α,β-unsaturated/α-hetero) is 1. The van der Waals surface area contributed by atoms with Crippen LogP contribution in [0.1, 0.15) is 34.7 Å². The van der Waals surface area contributed by atoms with E-state index in [1.54, 1.807) is 30.3 Å². The molecule has 4 rings (SSSR count). The Morgan fingerprint density at radius 1 is 1.09 bits per heavy atom. The number of amides is 2. The molecular formula is C25H28FN5O3. The molecule has 178 valence electrons. The number of urea groups is 1. The molecule has 0 spiro atoms. The van der Waals surface area contributed by atoms with E-state index in [0.29, 0.717) is 43.3 Å². The largest absolute Gasteiger partial charge is 0.497 e. The molecule has 1 saturated heterocycles. The van der Waals surface area contributed by atoms with Gasteiger partial charge in [0, 0.05) is 51.2 Å². The molecule has 34 heavy (non-hydrogen) atoms. The lowest BCUT2D eigenvalue weighted by Crippen LogP contribution is -2.52. The minimum atomic E-state index is -0.437. The molecule has 2 heterocycles. The molecule has 1 aromatic heterocycles. The molecule has 1 N–H and O–H groups in total. The first-order chi connectivity index (χ1) is 16.4. The van der Waals surface area contributed by atoms with Crippen LogP contribution in [0.15, 0.2) is 54.9 Å². The number of carbonyl (C=O) groups excluding carboxylic acids is 2. The van der Waals surface area contributed by atoms with Crippen LogP contribution >= 0.6 is 0 Å². The van der Waals surface area contributed by atoms with Gasteiger partial charge >= 0.3 is 6.03 Å². The SMILES string of the molecule is COc1ccc(C(NC(=O)N2CCN(c3ccc(C(C)=O)cc3F)CC2)c2nccn2C)cc1. The lowest BCUT2D eigenvalue weighted by atomic mass is 10.1. The van der Waals surface area contributed by atoms with E-state index in [2.05, 4.69) is 10.3 Å². The molecule has 1 unspecified atom stereocenters. The van der Waals surface area contributed by atoms with Gasteiger partial charge in [-0.2, -0.15) is 0 Å². The van der Waals surface area contributed by atoms with Crippen molar-refractivity contribution < 1.29 is 18.7 Å². The van der Waals surface area contributed by atoms with Gasteiger partial charge in [0.1, 0.15) is 23.4 Å². The third kappa shape index (κ3) is 4.88. The average molecular weight is 466 g/mol. The molecule has 1 aliphatic heterocycles. The number of aromatic nitrogens is 2. The van der Waals surface area contributed by atoms with E-state index in [1.165, 1.54) is 13.0 Å². The van der Waals surface area contributed by atoms with Gasteiger partial charge in [-0.25, -0.2) is 14.2 Å². The summed E-state index contributed by atoms with van der Waals surface area (Å²) in [5.74, 6) is 0.837. The number of nitrogens with one attached hydrogen (secondary N) is 1. The summed E-state index contributed by atoms with van der Waals surface area (Å²) in [4.78, 5) is 32.7. The van der Waals surface area contributed by atoms with Crippen LogP contribution in [-0.4, -0.2) is 59.6 Å². The van der Waals surface area contributed by atoms with E-state index in [-0.39, 0.29) is 11.8 Å². The van der Waals surface area contributed by atoms with Gasteiger partial charge in [-0.1, -0.05) is 12.1 Å². The third-order valence-electron chi connectivity index (χ3n) is 6.10. The molecule has 0 aliphatic carbocycles. The quantitative estimate of drug-likeness (QED) is 0.565. The van der Waals surface area contributed by atoms with Crippen LogP contribution in [0.4, 0.5) is 14.9 Å². The lowest BCUT2D eigenvalue weighted by Gasteiger charge is -2.37. The molecule has 1 atom stereocenters. The maximum Gasteiger partial charge on any atom is 0.318 e. The molecule has 8 nitrogen and oxygen atoms in total. The van der Waals surface area contributed by atoms with Crippen molar-refractivity contribution in [1.29, 1.82) is 0 Å². The van der Waals surface area contributed by atoms with Gasteiger partial charge in [0.15, 0.2) is 5.78 Å². The Hall–Kier alpha value is -3.88. The zero-order valence-electron chi connectivity index (χ0n) is 19.5. The van der Waals surface area contributed by atoms with E-state index in [4.69, 9.17) is 4.74 Å². The fourth-order valence-corrected chi connectivity index (χ4v) is 4.10. The molecule has 2 aromatic carbocycles. The maximum absolute atomic E-state index is 14.6. The number of nitrogens with zero attached hydrogens (tertiary/aromatic N) is 4. The van der Waals surface area contributed by atoms with Crippen LogP contribution in [0.5, 0.6) is 5.75 Å². The standard InChI is InChI=1S/C25H28FN5O3/c1-17(32)19-6-9-22(21(26)16-19)30-12-14-31(15-13-30)25(33)28-23(24-27-10-11-29(24)2)18-4-7-20(34-3)8-5-18/h4-11,16,23H,12-15H2,1-3H3,(H,28,33). The average Bonchev–Trinajstić information content (AvgIpc) is 3.28. The number of hydrogen-bond acceptors (Lipinski definition) is 5. The highest BCUT2D eigenvalue weighted by Crippen LogP contribution is 2.25. The van der Waals surface area contributed by atoms with Gasteiger partial charge in [-0.15, -0.1) is 0 Å². The van der Waals surface area contributed by atoms with Crippen LogP contribution < -0.4 is 15.0 Å². The number of piperazine rings is 1. The van der Waals surface area contributed by atoms with Crippen molar-refractivity contribution in [3.63, 3.8) is 0 Å². The minimum Gasteiger partial charge on any atom is -0.497 e. The summed E-state index contributed by atoms with van der Waals surface area (Å²) in [5.41, 5.74) is 1.67. The van der Waals surface area contributed by atoms with E-state index >= 15 is 0 Å². The topological polar surface area (TPSA) is 79.7 Å². The predicted molar refractivity (Wildman–Crippen MR) is 127 cm³/mol. The maximum atomic E-state index is 14.6. The van der Waals surface area contributed by atoms with Crippen molar-refractivity contribution in [2.24, 2.45) is 7.05 Å². The minimum absolute atomic E-state index is 0.175. The van der Waals surface area contributed by atoms with Gasteiger partial charge in [0.2, 0.25) is 0 Å². The molecule has 9 heteroatoms. The first-order valence-corrected chi connectivity index (χ1v) is 11.1. The number of imidazole rings is 1. The summed E-state index contributed by atoms with van der Waals surface area (Å²) >= 11 is 0. The van der Waals surface area contributed by atoms with Crippen molar-refractivity contribution in [1.82, 2.24) is 19.8 Å². The highest BCUT2D eigenvalue weighted by atomic mass is 19.1. The second-order valence-corrected chi connectivity index (χ2v) is 8.25. The Labute approximate surface area is 197 Å². The Bertz CT molecular complexity index is 1170. The van der Waals surface area contributed by atoms with E-state index in [0.717, 1.165) is 11.3 Å². The Balaban J connectivity index is 1.45. The molecule has 3 aromatic rings. The number of ether oxygens (including phenoxy) is 1. The number of benzene rings is 2. The fraction of sp³-hybridized carbons (Fsp3) is 0.320. The highest BCUT2D eigenvalue weighted by molar-refractivity contribution is 5.94. The first-order valence-electron chi connectivity index (χ1n) is 11.1. The molecule has 1 fully saturated rings. The monoisotopic (exact) mass is 465 g/mol. The Morgan fingerprint density at radius 3 is 2.35 bits per heavy atom. The van der Waals surface area contributed by atoms with Crippen LogP contribution in [0.3, 0.4) is 0 Å². The third-order valence-corrected chi connectivity index (χ3v) is 6.10. The van der Waals surface area contributed by atoms with Gasteiger partial charge in [0.25, 0.3) is 0 Å². The van der Waals surface area contributed by atoms with E-state index in [1.807, 2.05) is 47.0 Å². The molecule has 1 aliphatic rings. The van der Waals surface area contributed by atoms with Crippen molar-refractivity contribution in [2.45, 2.75) is 13.0 Å². The van der Waals surface area contributed by atoms with Crippen LogP contribution in [-0.2, 0) is 7.05 Å². The van der Waals surface area contributed by atoms with Crippen molar-refractivity contribution in [3.8, 4) is 5.75 Å². The van der Waals surface area contributed by atoms with Gasteiger partial charge in [-0.05, 0) is 42.8 Å². The highest BCUT2D eigenvalue weighted by Gasteiger charge is 2.27. The zero-order chi connectivity index (χ0) is 24.2. The van der Waals surface area contributed by atoms with Crippen LogP contribution in [0, 0.1) is 5.82 Å². The van der Waals surface area contributed by atoms with Crippen LogP contribution in [0.2, 0.25) is 0 Å². The fourth-order valence-electron chi connectivity index (χ4n) is 4.10. The number of carbonyl (C=O) groups is 2. The summed E-state index contributed by atoms with van der Waals surface area (Å²) in [7, 11) is 3.49. The first kappa shape index (κ1) is 23.3. The van der Waals surface area contributed by atoms with E-state index in [9.17, 15) is 14.0 Å². The number of rotatable bonds is 6. The predicted octanol–water partition coefficient (Wildman–Crippen LogP) is 3.39. The summed E-state index contributed by atoms with van der Waals surface area (Å²) in [6, 6.07) is 11.4. The Morgan fingerprint density at radius 2 is 1.79 bits per heavy atom. The summed E-state index contributed by atoms with van der Waals surface area (Å²) in [5, 5.41) is 3.10. The zero-order valence-corrected chi connectivity index (χ0v) is 19.5. The number of ketones is 1. The summed E-state index contributed by atoms with van der Waals surface area (Å²) in [6.45, 7) is 3.26. The van der Waals surface area contributed by atoms with Crippen LogP contribution in [0.25, 0.3) is 0 Å². The van der Waals surface area contributed by atoms with Gasteiger partial charge in [0.05, 0.1) is 12.8 Å². The summed E-state index contributed by atoms with van der Waals surface area (Å²) in [6.07, 6.45) is 3.53. The number of halogens is 1. The smallest absolute Gasteiger partial charge is 0.318 e.